The van der Waals surface area contributed by atoms with Crippen LogP contribution >= 0.6 is 11.6 Å². The van der Waals surface area contributed by atoms with Crippen LogP contribution in [0.5, 0.6) is 5.75 Å². The highest BCUT2D eigenvalue weighted by Crippen LogP contribution is 2.44. The average Bonchev–Trinajstić information content (AvgIpc) is 3.27. The summed E-state index contributed by atoms with van der Waals surface area (Å²) >= 11 is 6.26. The van der Waals surface area contributed by atoms with E-state index in [4.69, 9.17) is 27.5 Å². The Morgan fingerprint density at radius 1 is 1.42 bits per heavy atom. The molecule has 3 rings (SSSR count). The molecular formula is C16H17ClF2N4O. The van der Waals surface area contributed by atoms with Crippen molar-refractivity contribution in [3.05, 3.63) is 45.7 Å². The van der Waals surface area contributed by atoms with Crippen LogP contribution in [-0.4, -0.2) is 22.2 Å². The second kappa shape index (κ2) is 6.39. The summed E-state index contributed by atoms with van der Waals surface area (Å²) in [6.07, 6.45) is 1.86. The Labute approximate surface area is 142 Å². The molecule has 1 heterocycles. The van der Waals surface area contributed by atoms with Gasteiger partial charge in [-0.15, -0.1) is 0 Å². The summed E-state index contributed by atoms with van der Waals surface area (Å²) in [5.41, 5.74) is 6.17. The minimum absolute atomic E-state index is 0.122. The molecule has 1 fully saturated rings. The van der Waals surface area contributed by atoms with Crippen LogP contribution in [0, 0.1) is 17.0 Å². The lowest BCUT2D eigenvalue weighted by Crippen LogP contribution is -2.14. The molecule has 1 aliphatic rings. The predicted octanol–water partition coefficient (Wildman–Crippen LogP) is 3.42. The van der Waals surface area contributed by atoms with E-state index < -0.39 is 11.6 Å². The third-order valence-electron chi connectivity index (χ3n) is 3.88. The zero-order chi connectivity index (χ0) is 17.4. The number of amidine groups is 1. The van der Waals surface area contributed by atoms with Gasteiger partial charge in [-0.05, 0) is 19.8 Å². The summed E-state index contributed by atoms with van der Waals surface area (Å²) < 4.78 is 35.1. The molecule has 5 nitrogen and oxygen atoms in total. The van der Waals surface area contributed by atoms with Crippen LogP contribution in [0.4, 0.5) is 8.78 Å². The Morgan fingerprint density at radius 3 is 2.54 bits per heavy atom. The molecule has 0 bridgehead atoms. The van der Waals surface area contributed by atoms with Gasteiger partial charge < -0.3 is 10.5 Å². The Hall–Kier alpha value is -2.15. The van der Waals surface area contributed by atoms with Gasteiger partial charge in [0.2, 0.25) is 0 Å². The fourth-order valence-corrected chi connectivity index (χ4v) is 3.01. The molecule has 1 aliphatic carbocycles. The average molecular weight is 355 g/mol. The zero-order valence-corrected chi connectivity index (χ0v) is 13.8. The molecule has 0 radical (unpaired) electrons. The molecule has 8 heteroatoms. The van der Waals surface area contributed by atoms with Crippen LogP contribution in [-0.2, 0) is 6.54 Å². The number of ether oxygens (including phenoxy) is 1. The van der Waals surface area contributed by atoms with Crippen LogP contribution in [0.2, 0.25) is 5.02 Å². The normalized spacial score (nSPS) is 14.0. The zero-order valence-electron chi connectivity index (χ0n) is 13.1. The van der Waals surface area contributed by atoms with Gasteiger partial charge in [0.15, 0.2) is 0 Å². The topological polar surface area (TPSA) is 76.9 Å². The molecule has 1 aromatic carbocycles. The molecule has 128 valence electrons. The van der Waals surface area contributed by atoms with E-state index in [1.165, 1.54) is 4.68 Å². The summed E-state index contributed by atoms with van der Waals surface area (Å²) in [5.74, 6) is -1.37. The van der Waals surface area contributed by atoms with Gasteiger partial charge in [0, 0.05) is 23.6 Å². The maximum atomic E-state index is 14.3. The van der Waals surface area contributed by atoms with E-state index >= 15 is 0 Å². The minimum Gasteiger partial charge on any atom is -0.494 e. The molecule has 0 saturated heterocycles. The Kier molecular flexibility index (Phi) is 4.45. The number of hydrogen-bond acceptors (Lipinski definition) is 3. The summed E-state index contributed by atoms with van der Waals surface area (Å²) in [7, 11) is 0. The Balaban J connectivity index is 2.00. The van der Waals surface area contributed by atoms with Crippen molar-refractivity contribution in [2.75, 3.05) is 6.61 Å². The number of aromatic nitrogens is 2. The van der Waals surface area contributed by atoms with E-state index in [9.17, 15) is 8.78 Å². The van der Waals surface area contributed by atoms with Crippen molar-refractivity contribution in [2.45, 2.75) is 32.2 Å². The Morgan fingerprint density at radius 2 is 2.04 bits per heavy atom. The maximum absolute atomic E-state index is 14.3. The largest absolute Gasteiger partial charge is 0.494 e. The van der Waals surface area contributed by atoms with Crippen LogP contribution in [0.15, 0.2) is 12.1 Å². The van der Waals surface area contributed by atoms with Crippen LogP contribution in [0.25, 0.3) is 0 Å². The lowest BCUT2D eigenvalue weighted by molar-refractivity contribution is 0.335. The SMILES string of the molecule is CCOc1cc(F)c(Cn2nc(C(=N)N)c(Cl)c2C2CC2)c(F)c1. The number of halogens is 3. The lowest BCUT2D eigenvalue weighted by Gasteiger charge is -2.11. The summed E-state index contributed by atoms with van der Waals surface area (Å²) in [4.78, 5) is 0. The molecule has 24 heavy (non-hydrogen) atoms. The number of nitrogens with one attached hydrogen (secondary N) is 1. The third kappa shape index (κ3) is 3.08. The van der Waals surface area contributed by atoms with Crippen molar-refractivity contribution in [2.24, 2.45) is 5.73 Å². The molecule has 3 N–H and O–H groups in total. The van der Waals surface area contributed by atoms with Crippen molar-refractivity contribution in [3.8, 4) is 5.75 Å². The van der Waals surface area contributed by atoms with Crippen LogP contribution in [0.3, 0.4) is 0 Å². The second-order valence-corrected chi connectivity index (χ2v) is 6.07. The van der Waals surface area contributed by atoms with E-state index in [1.54, 1.807) is 6.92 Å². The van der Waals surface area contributed by atoms with Gasteiger partial charge >= 0.3 is 0 Å². The predicted molar refractivity (Wildman–Crippen MR) is 86.9 cm³/mol. The number of nitrogen functional groups attached to an aromatic ring is 1. The van der Waals surface area contributed by atoms with Crippen molar-refractivity contribution in [1.82, 2.24) is 9.78 Å². The molecule has 1 aromatic heterocycles. The van der Waals surface area contributed by atoms with Gasteiger partial charge in [0.05, 0.1) is 23.9 Å². The third-order valence-corrected chi connectivity index (χ3v) is 4.26. The highest BCUT2D eigenvalue weighted by Gasteiger charge is 2.33. The van der Waals surface area contributed by atoms with Crippen molar-refractivity contribution in [3.63, 3.8) is 0 Å². The van der Waals surface area contributed by atoms with Crippen LogP contribution in [0.1, 0.15) is 42.6 Å². The first kappa shape index (κ1) is 16.7. The lowest BCUT2D eigenvalue weighted by atomic mass is 10.1. The van der Waals surface area contributed by atoms with E-state index in [2.05, 4.69) is 5.10 Å². The number of nitrogens with zero attached hydrogens (tertiary/aromatic N) is 2. The van der Waals surface area contributed by atoms with Gasteiger partial charge in [-0.25, -0.2) is 8.78 Å². The summed E-state index contributed by atoms with van der Waals surface area (Å²) in [6, 6.07) is 2.30. The highest BCUT2D eigenvalue weighted by molar-refractivity contribution is 6.34. The molecular weight excluding hydrogens is 338 g/mol. The first-order chi connectivity index (χ1) is 11.4. The van der Waals surface area contributed by atoms with Crippen molar-refractivity contribution >= 4 is 17.4 Å². The molecule has 0 atom stereocenters. The fourth-order valence-electron chi connectivity index (χ4n) is 2.62. The van der Waals surface area contributed by atoms with Crippen LogP contribution < -0.4 is 10.5 Å². The number of benzene rings is 1. The van der Waals surface area contributed by atoms with Gasteiger partial charge in [0.25, 0.3) is 0 Å². The minimum atomic E-state index is -0.712. The van der Waals surface area contributed by atoms with Crippen molar-refractivity contribution < 1.29 is 13.5 Å². The molecule has 0 aliphatic heterocycles. The maximum Gasteiger partial charge on any atom is 0.145 e. The summed E-state index contributed by atoms with van der Waals surface area (Å²) in [5, 5.41) is 12.0. The quantitative estimate of drug-likeness (QED) is 0.616. The standard InChI is InChI=1S/C16H17ClF2N4O/c1-2-24-9-5-11(18)10(12(19)6-9)7-23-15(8-3-4-8)13(17)14(22-23)16(20)21/h5-6,8H,2-4,7H2,1H3,(H3,20,21). The first-order valence-corrected chi connectivity index (χ1v) is 8.01. The first-order valence-electron chi connectivity index (χ1n) is 7.63. The smallest absolute Gasteiger partial charge is 0.145 e. The molecule has 2 aromatic rings. The van der Waals surface area contributed by atoms with E-state index in [-0.39, 0.29) is 40.3 Å². The molecule has 0 spiro atoms. The van der Waals surface area contributed by atoms with Gasteiger partial charge in [0.1, 0.15) is 28.9 Å². The molecule has 0 unspecified atom stereocenters. The number of nitrogens with two attached hydrogens (primary N) is 1. The Bertz CT molecular complexity index is 779. The highest BCUT2D eigenvalue weighted by atomic mass is 35.5. The van der Waals surface area contributed by atoms with Gasteiger partial charge in [-0.2, -0.15) is 5.10 Å². The molecule has 1 saturated carbocycles. The fraction of sp³-hybridized carbons (Fsp3) is 0.375. The molecule has 0 amide bonds. The van der Waals surface area contributed by atoms with E-state index in [0.29, 0.717) is 12.3 Å². The number of hydrogen-bond donors (Lipinski definition) is 2. The number of rotatable bonds is 6. The monoisotopic (exact) mass is 354 g/mol. The summed E-state index contributed by atoms with van der Waals surface area (Å²) in [6.45, 7) is 1.93. The van der Waals surface area contributed by atoms with Crippen molar-refractivity contribution in [1.29, 1.82) is 5.41 Å². The van der Waals surface area contributed by atoms with E-state index in [1.807, 2.05) is 0 Å². The second-order valence-electron chi connectivity index (χ2n) is 5.69. The van der Waals surface area contributed by atoms with Gasteiger partial charge in [-0.1, -0.05) is 11.6 Å². The van der Waals surface area contributed by atoms with E-state index in [0.717, 1.165) is 25.0 Å². The van der Waals surface area contributed by atoms with Gasteiger partial charge in [-0.3, -0.25) is 10.1 Å².